The molecule has 3 rings (SSSR count). The molecule has 0 aliphatic rings. The summed E-state index contributed by atoms with van der Waals surface area (Å²) in [6, 6.07) is 12.3. The van der Waals surface area contributed by atoms with Gasteiger partial charge in [0.15, 0.2) is 0 Å². The van der Waals surface area contributed by atoms with E-state index in [-0.39, 0.29) is 11.4 Å². The van der Waals surface area contributed by atoms with Crippen LogP contribution in [0.3, 0.4) is 0 Å². The van der Waals surface area contributed by atoms with Crippen molar-refractivity contribution in [1.29, 1.82) is 0 Å². The Morgan fingerprint density at radius 2 is 1.81 bits per heavy atom. The number of ether oxygens (including phenoxy) is 2. The Balaban J connectivity index is 1.71. The smallest absolute Gasteiger partial charge is 0.240 e. The molecule has 2 aromatic carbocycles. The predicted octanol–water partition coefficient (Wildman–Crippen LogP) is 3.61. The average Bonchev–Trinajstić information content (AvgIpc) is 3.15. The molecule has 8 heteroatoms. The van der Waals surface area contributed by atoms with Crippen molar-refractivity contribution in [2.24, 2.45) is 0 Å². The Bertz CT molecular complexity index is 1030. The van der Waals surface area contributed by atoms with Gasteiger partial charge in [-0.05, 0) is 55.0 Å². The fourth-order valence-corrected chi connectivity index (χ4v) is 4.43. The Kier molecular flexibility index (Phi) is 5.79. The minimum Gasteiger partial charge on any atom is -0.497 e. The molecule has 0 radical (unpaired) electrons. The standard InChI is InChI=1S/C19H20N2O4S2/c1-13-10-17(8-9-18(13)25-3)27(22,23)20-11-15-12-26-19(21-15)14-4-6-16(24-2)7-5-14/h4-10,12,20H,11H2,1-3H3. The number of nitrogens with one attached hydrogen (secondary N) is 1. The first kappa shape index (κ1) is 19.3. The zero-order valence-electron chi connectivity index (χ0n) is 15.2. The first-order valence-corrected chi connectivity index (χ1v) is 10.5. The summed E-state index contributed by atoms with van der Waals surface area (Å²) in [7, 11) is -0.457. The summed E-state index contributed by atoms with van der Waals surface area (Å²) in [4.78, 5) is 4.71. The number of nitrogens with zero attached hydrogens (tertiary/aromatic N) is 1. The average molecular weight is 405 g/mol. The van der Waals surface area contributed by atoms with Gasteiger partial charge in [-0.15, -0.1) is 11.3 Å². The molecule has 0 aliphatic heterocycles. The zero-order chi connectivity index (χ0) is 19.4. The van der Waals surface area contributed by atoms with Crippen LogP contribution < -0.4 is 14.2 Å². The van der Waals surface area contributed by atoms with Gasteiger partial charge in [-0.25, -0.2) is 18.1 Å². The summed E-state index contributed by atoms with van der Waals surface area (Å²) in [5, 5.41) is 2.67. The number of benzene rings is 2. The monoisotopic (exact) mass is 404 g/mol. The Labute approximate surface area is 162 Å². The van der Waals surface area contributed by atoms with Crippen LogP contribution in [0, 0.1) is 6.92 Å². The third-order valence-corrected chi connectivity index (χ3v) is 6.35. The van der Waals surface area contributed by atoms with Gasteiger partial charge in [-0.2, -0.15) is 0 Å². The van der Waals surface area contributed by atoms with E-state index in [4.69, 9.17) is 9.47 Å². The largest absolute Gasteiger partial charge is 0.497 e. The molecule has 142 valence electrons. The molecule has 1 N–H and O–H groups in total. The van der Waals surface area contributed by atoms with Crippen molar-refractivity contribution in [3.05, 3.63) is 59.1 Å². The second-order valence-electron chi connectivity index (χ2n) is 5.83. The number of hydrogen-bond acceptors (Lipinski definition) is 6. The van der Waals surface area contributed by atoms with Crippen LogP contribution in [0.5, 0.6) is 11.5 Å². The number of rotatable bonds is 7. The van der Waals surface area contributed by atoms with Crippen molar-refractivity contribution in [3.63, 3.8) is 0 Å². The molecule has 0 aliphatic carbocycles. The lowest BCUT2D eigenvalue weighted by Crippen LogP contribution is -2.23. The topological polar surface area (TPSA) is 77.5 Å². The van der Waals surface area contributed by atoms with Gasteiger partial charge in [-0.3, -0.25) is 0 Å². The minimum absolute atomic E-state index is 0.125. The summed E-state index contributed by atoms with van der Waals surface area (Å²) in [5.41, 5.74) is 2.39. The SMILES string of the molecule is COc1ccc(-c2nc(CNS(=O)(=O)c3ccc(OC)c(C)c3)cs2)cc1. The highest BCUT2D eigenvalue weighted by atomic mass is 32.2. The van der Waals surface area contributed by atoms with Crippen molar-refractivity contribution in [2.45, 2.75) is 18.4 Å². The molecule has 0 saturated carbocycles. The maximum atomic E-state index is 12.5. The van der Waals surface area contributed by atoms with Gasteiger partial charge in [0, 0.05) is 10.9 Å². The van der Waals surface area contributed by atoms with Crippen LogP contribution in [-0.2, 0) is 16.6 Å². The van der Waals surface area contributed by atoms with E-state index in [1.165, 1.54) is 17.4 Å². The summed E-state index contributed by atoms with van der Waals surface area (Å²) in [6.45, 7) is 1.93. The van der Waals surface area contributed by atoms with Crippen molar-refractivity contribution in [3.8, 4) is 22.1 Å². The van der Waals surface area contributed by atoms with Crippen LogP contribution in [0.25, 0.3) is 10.6 Å². The second-order valence-corrected chi connectivity index (χ2v) is 8.45. The molecule has 1 heterocycles. The Morgan fingerprint density at radius 3 is 2.44 bits per heavy atom. The van der Waals surface area contributed by atoms with E-state index in [2.05, 4.69) is 9.71 Å². The third kappa shape index (κ3) is 4.47. The molecular formula is C19H20N2O4S2. The fraction of sp³-hybridized carbons (Fsp3) is 0.211. The van der Waals surface area contributed by atoms with E-state index in [1.807, 2.05) is 29.6 Å². The van der Waals surface area contributed by atoms with E-state index in [0.717, 1.165) is 21.9 Å². The molecule has 6 nitrogen and oxygen atoms in total. The van der Waals surface area contributed by atoms with Gasteiger partial charge in [-0.1, -0.05) is 0 Å². The van der Waals surface area contributed by atoms with Crippen molar-refractivity contribution in [1.82, 2.24) is 9.71 Å². The van der Waals surface area contributed by atoms with E-state index in [9.17, 15) is 8.42 Å². The van der Waals surface area contributed by atoms with Crippen LogP contribution in [-0.4, -0.2) is 27.6 Å². The maximum absolute atomic E-state index is 12.5. The zero-order valence-corrected chi connectivity index (χ0v) is 16.9. The molecule has 3 aromatic rings. The fourth-order valence-electron chi connectivity index (χ4n) is 2.52. The lowest BCUT2D eigenvalue weighted by Gasteiger charge is -2.09. The predicted molar refractivity (Wildman–Crippen MR) is 106 cm³/mol. The highest BCUT2D eigenvalue weighted by Crippen LogP contribution is 2.26. The highest BCUT2D eigenvalue weighted by Gasteiger charge is 2.16. The molecule has 0 atom stereocenters. The molecule has 27 heavy (non-hydrogen) atoms. The lowest BCUT2D eigenvalue weighted by atomic mass is 10.2. The van der Waals surface area contributed by atoms with Crippen molar-refractivity contribution >= 4 is 21.4 Å². The Morgan fingerprint density at radius 1 is 1.07 bits per heavy atom. The van der Waals surface area contributed by atoms with Gasteiger partial charge >= 0.3 is 0 Å². The number of methoxy groups -OCH3 is 2. The molecule has 0 bridgehead atoms. The summed E-state index contributed by atoms with van der Waals surface area (Å²) >= 11 is 1.47. The summed E-state index contributed by atoms with van der Waals surface area (Å²) in [6.07, 6.45) is 0. The molecule has 0 fully saturated rings. The third-order valence-electron chi connectivity index (χ3n) is 4.01. The highest BCUT2D eigenvalue weighted by molar-refractivity contribution is 7.89. The van der Waals surface area contributed by atoms with Crippen molar-refractivity contribution in [2.75, 3.05) is 14.2 Å². The van der Waals surface area contributed by atoms with Gasteiger partial charge < -0.3 is 9.47 Å². The molecule has 0 spiro atoms. The molecule has 0 amide bonds. The second kappa shape index (κ2) is 8.08. The number of hydrogen-bond donors (Lipinski definition) is 1. The lowest BCUT2D eigenvalue weighted by molar-refractivity contribution is 0.411. The van der Waals surface area contributed by atoms with Crippen LogP contribution in [0.1, 0.15) is 11.3 Å². The van der Waals surface area contributed by atoms with Crippen molar-refractivity contribution < 1.29 is 17.9 Å². The van der Waals surface area contributed by atoms with Crippen LogP contribution >= 0.6 is 11.3 Å². The van der Waals surface area contributed by atoms with E-state index in [1.54, 1.807) is 33.3 Å². The van der Waals surface area contributed by atoms with Gasteiger partial charge in [0.1, 0.15) is 16.5 Å². The van der Waals surface area contributed by atoms with E-state index >= 15 is 0 Å². The molecule has 0 saturated heterocycles. The summed E-state index contributed by atoms with van der Waals surface area (Å²) in [5.74, 6) is 1.43. The first-order valence-electron chi connectivity index (χ1n) is 8.16. The molecular weight excluding hydrogens is 384 g/mol. The normalized spacial score (nSPS) is 11.4. The van der Waals surface area contributed by atoms with Gasteiger partial charge in [0.25, 0.3) is 0 Å². The van der Waals surface area contributed by atoms with E-state index in [0.29, 0.717) is 11.4 Å². The number of thiazole rings is 1. The molecule has 0 unspecified atom stereocenters. The minimum atomic E-state index is -3.63. The summed E-state index contributed by atoms with van der Waals surface area (Å²) < 4.78 is 37.9. The van der Waals surface area contributed by atoms with Crippen LogP contribution in [0.15, 0.2) is 52.7 Å². The number of sulfonamides is 1. The first-order chi connectivity index (χ1) is 12.9. The van der Waals surface area contributed by atoms with Gasteiger partial charge in [0.05, 0.1) is 31.4 Å². The van der Waals surface area contributed by atoms with E-state index < -0.39 is 10.0 Å². The van der Waals surface area contributed by atoms with Gasteiger partial charge in [0.2, 0.25) is 10.0 Å². The quantitative estimate of drug-likeness (QED) is 0.651. The Hall–Kier alpha value is -2.42. The number of aromatic nitrogens is 1. The number of aryl methyl sites for hydroxylation is 1. The molecule has 1 aromatic heterocycles. The van der Waals surface area contributed by atoms with Crippen LogP contribution in [0.2, 0.25) is 0 Å². The van der Waals surface area contributed by atoms with Crippen LogP contribution in [0.4, 0.5) is 0 Å². The maximum Gasteiger partial charge on any atom is 0.240 e.